The van der Waals surface area contributed by atoms with Gasteiger partial charge in [-0.05, 0) is 18.4 Å². The number of allylic oxidation sites excluding steroid dienone is 3. The van der Waals surface area contributed by atoms with Crippen molar-refractivity contribution >= 4 is 15.9 Å². The molecule has 3 nitrogen and oxygen atoms in total. The van der Waals surface area contributed by atoms with E-state index in [1.165, 1.54) is 6.08 Å². The predicted molar refractivity (Wildman–Crippen MR) is 45.9 cm³/mol. The Morgan fingerprint density at radius 1 is 1.83 bits per heavy atom. The Kier molecular flexibility index (Phi) is 2.62. The molecule has 0 fully saturated rings. The van der Waals surface area contributed by atoms with E-state index in [1.54, 1.807) is 6.92 Å². The zero-order chi connectivity index (χ0) is 9.30. The maximum atomic E-state index is 13.0. The van der Waals surface area contributed by atoms with E-state index < -0.39 is 16.4 Å². The van der Waals surface area contributed by atoms with Gasteiger partial charge in [0.05, 0.1) is 4.92 Å². The third-order valence-corrected chi connectivity index (χ3v) is 2.28. The van der Waals surface area contributed by atoms with Gasteiger partial charge in [0.1, 0.15) is 0 Å². The fraction of sp³-hybridized carbons (Fsp3) is 0.429. The Balaban J connectivity index is 3.04. The summed E-state index contributed by atoms with van der Waals surface area (Å²) in [6.45, 7) is 1.80. The van der Waals surface area contributed by atoms with Crippen molar-refractivity contribution in [3.63, 3.8) is 0 Å². The second kappa shape index (κ2) is 3.35. The van der Waals surface area contributed by atoms with Gasteiger partial charge < -0.3 is 0 Å². The fourth-order valence-electron chi connectivity index (χ4n) is 1.05. The highest BCUT2D eigenvalue weighted by Gasteiger charge is 2.26. The molecule has 66 valence electrons. The van der Waals surface area contributed by atoms with E-state index in [0.29, 0.717) is 6.42 Å². The summed E-state index contributed by atoms with van der Waals surface area (Å²) in [4.78, 5) is 9.60. The van der Waals surface area contributed by atoms with Crippen molar-refractivity contribution in [2.24, 2.45) is 5.92 Å². The topological polar surface area (TPSA) is 43.1 Å². The molecule has 1 atom stereocenters. The van der Waals surface area contributed by atoms with Crippen molar-refractivity contribution in [3.8, 4) is 0 Å². The Labute approximate surface area is 77.2 Å². The molecule has 0 aromatic rings. The van der Waals surface area contributed by atoms with Gasteiger partial charge in [-0.1, -0.05) is 22.9 Å². The summed E-state index contributed by atoms with van der Waals surface area (Å²) in [6, 6.07) is 0. The molecule has 1 unspecified atom stereocenters. The molecule has 0 aromatic heterocycles. The average Bonchev–Trinajstić information content (AvgIpc) is 1.96. The molecule has 0 bridgehead atoms. The SMILES string of the molecule is CC1C=C([N+](=O)[O-])C(F)=C(Br)C1. The highest BCUT2D eigenvalue weighted by atomic mass is 79.9. The minimum absolute atomic E-state index is 0.0132. The zero-order valence-corrected chi connectivity index (χ0v) is 7.97. The summed E-state index contributed by atoms with van der Waals surface area (Å²) >= 11 is 2.96. The van der Waals surface area contributed by atoms with Gasteiger partial charge in [0.2, 0.25) is 5.83 Å². The fourth-order valence-corrected chi connectivity index (χ4v) is 1.77. The number of halogens is 2. The van der Waals surface area contributed by atoms with Gasteiger partial charge >= 0.3 is 5.70 Å². The van der Waals surface area contributed by atoms with Crippen LogP contribution in [0.5, 0.6) is 0 Å². The summed E-state index contributed by atoms with van der Waals surface area (Å²) in [6.07, 6.45) is 1.82. The molecule has 1 aliphatic rings. The van der Waals surface area contributed by atoms with Crippen LogP contribution < -0.4 is 0 Å². The lowest BCUT2D eigenvalue weighted by Crippen LogP contribution is -2.08. The normalized spacial score (nSPS) is 23.9. The van der Waals surface area contributed by atoms with Crippen molar-refractivity contribution in [1.29, 1.82) is 0 Å². The first kappa shape index (κ1) is 9.38. The van der Waals surface area contributed by atoms with Gasteiger partial charge in [-0.15, -0.1) is 0 Å². The van der Waals surface area contributed by atoms with Crippen molar-refractivity contribution < 1.29 is 9.31 Å². The first-order valence-corrected chi connectivity index (χ1v) is 4.22. The molecule has 0 N–H and O–H groups in total. The largest absolute Gasteiger partial charge is 0.301 e. The lowest BCUT2D eigenvalue weighted by atomic mass is 10.0. The maximum Gasteiger partial charge on any atom is 0.301 e. The lowest BCUT2D eigenvalue weighted by Gasteiger charge is -2.11. The number of nitrogens with zero attached hydrogens (tertiary/aromatic N) is 1. The second-order valence-electron chi connectivity index (χ2n) is 2.71. The highest BCUT2D eigenvalue weighted by molar-refractivity contribution is 9.11. The number of nitro groups is 1. The average molecular weight is 236 g/mol. The summed E-state index contributed by atoms with van der Waals surface area (Å²) in [5.41, 5.74) is -0.430. The van der Waals surface area contributed by atoms with Crippen LogP contribution >= 0.6 is 15.9 Å². The van der Waals surface area contributed by atoms with Crippen LogP contribution in [-0.2, 0) is 0 Å². The molecule has 12 heavy (non-hydrogen) atoms. The van der Waals surface area contributed by atoms with E-state index in [9.17, 15) is 14.5 Å². The van der Waals surface area contributed by atoms with Crippen LogP contribution in [0.1, 0.15) is 13.3 Å². The minimum atomic E-state index is -0.752. The molecule has 0 amide bonds. The van der Waals surface area contributed by atoms with Gasteiger partial charge in [-0.2, -0.15) is 4.39 Å². The minimum Gasteiger partial charge on any atom is -0.258 e. The summed E-state index contributed by atoms with van der Waals surface area (Å²) in [5, 5.41) is 10.3. The first-order valence-electron chi connectivity index (χ1n) is 3.43. The Morgan fingerprint density at radius 2 is 2.42 bits per heavy atom. The van der Waals surface area contributed by atoms with Crippen LogP contribution in [0.2, 0.25) is 0 Å². The zero-order valence-electron chi connectivity index (χ0n) is 6.38. The van der Waals surface area contributed by atoms with E-state index in [4.69, 9.17) is 0 Å². The van der Waals surface area contributed by atoms with Crippen LogP contribution in [0.15, 0.2) is 22.1 Å². The number of hydrogen-bond acceptors (Lipinski definition) is 2. The quantitative estimate of drug-likeness (QED) is 0.518. The molecule has 5 heteroatoms. The first-order chi connectivity index (χ1) is 5.52. The molecular weight excluding hydrogens is 229 g/mol. The van der Waals surface area contributed by atoms with Gasteiger partial charge in [0.15, 0.2) is 0 Å². The molecule has 0 spiro atoms. The van der Waals surface area contributed by atoms with Crippen LogP contribution in [0.4, 0.5) is 4.39 Å². The van der Waals surface area contributed by atoms with Gasteiger partial charge in [0.25, 0.3) is 0 Å². The molecule has 0 radical (unpaired) electrons. The third-order valence-electron chi connectivity index (χ3n) is 1.60. The Morgan fingerprint density at radius 3 is 2.92 bits per heavy atom. The lowest BCUT2D eigenvalue weighted by molar-refractivity contribution is -0.423. The molecule has 0 aliphatic heterocycles. The molecule has 0 aromatic carbocycles. The van der Waals surface area contributed by atoms with Gasteiger partial charge in [0, 0.05) is 4.48 Å². The van der Waals surface area contributed by atoms with E-state index in [1.807, 2.05) is 0 Å². The molecule has 1 rings (SSSR count). The number of rotatable bonds is 1. The smallest absolute Gasteiger partial charge is 0.258 e. The summed E-state index contributed by atoms with van der Waals surface area (Å²) < 4.78 is 13.3. The standard InChI is InChI=1S/C7H7BrFNO2/c1-4-2-5(8)7(9)6(3-4)10(11)12/h3-4H,2H2,1H3. The van der Waals surface area contributed by atoms with Crippen molar-refractivity contribution in [2.45, 2.75) is 13.3 Å². The molecular formula is C7H7BrFNO2. The molecule has 0 saturated carbocycles. The van der Waals surface area contributed by atoms with Crippen molar-refractivity contribution in [2.75, 3.05) is 0 Å². The third kappa shape index (κ3) is 1.72. The van der Waals surface area contributed by atoms with Crippen molar-refractivity contribution in [1.82, 2.24) is 0 Å². The van der Waals surface area contributed by atoms with E-state index in [0.717, 1.165) is 0 Å². The van der Waals surface area contributed by atoms with E-state index in [2.05, 4.69) is 15.9 Å². The Hall–Kier alpha value is -0.710. The van der Waals surface area contributed by atoms with Crippen LogP contribution in [0.3, 0.4) is 0 Å². The summed E-state index contributed by atoms with van der Waals surface area (Å²) in [5.74, 6) is -0.739. The summed E-state index contributed by atoms with van der Waals surface area (Å²) in [7, 11) is 0. The molecule has 0 saturated heterocycles. The maximum absolute atomic E-state index is 13.0. The predicted octanol–water partition coefficient (Wildman–Crippen LogP) is 2.76. The van der Waals surface area contributed by atoms with Gasteiger partial charge in [-0.3, -0.25) is 10.1 Å². The van der Waals surface area contributed by atoms with Crippen LogP contribution in [0, 0.1) is 16.0 Å². The van der Waals surface area contributed by atoms with Crippen LogP contribution in [-0.4, -0.2) is 4.92 Å². The Bertz CT molecular complexity index is 285. The van der Waals surface area contributed by atoms with Crippen molar-refractivity contribution in [3.05, 3.63) is 32.2 Å². The monoisotopic (exact) mass is 235 g/mol. The highest BCUT2D eigenvalue weighted by Crippen LogP contribution is 2.33. The van der Waals surface area contributed by atoms with Crippen LogP contribution in [0.25, 0.3) is 0 Å². The molecule has 1 aliphatic carbocycles. The van der Waals surface area contributed by atoms with E-state index >= 15 is 0 Å². The van der Waals surface area contributed by atoms with E-state index in [-0.39, 0.29) is 10.4 Å². The second-order valence-corrected chi connectivity index (χ2v) is 3.67. The number of hydrogen-bond donors (Lipinski definition) is 0. The van der Waals surface area contributed by atoms with Gasteiger partial charge in [-0.25, -0.2) is 0 Å². The molecule has 0 heterocycles.